The Labute approximate surface area is 125 Å². The number of pyridine rings is 1. The molecule has 1 fully saturated rings. The molecular weight excluding hydrogens is 301 g/mol. The Hall–Kier alpha value is -2.12. The van der Waals surface area contributed by atoms with Gasteiger partial charge in [-0.05, 0) is 31.4 Å². The van der Waals surface area contributed by atoms with Gasteiger partial charge in [-0.25, -0.2) is 4.79 Å². The molecule has 22 heavy (non-hydrogen) atoms. The van der Waals surface area contributed by atoms with Crippen LogP contribution in [0.5, 0.6) is 0 Å². The fraction of sp³-hybridized carbons (Fsp3) is 0.500. The van der Waals surface area contributed by atoms with E-state index in [4.69, 9.17) is 0 Å². The minimum Gasteiger partial charge on any atom is -0.467 e. The second-order valence-electron chi connectivity index (χ2n) is 4.96. The number of nitrogens with zero attached hydrogens (tertiary/aromatic N) is 2. The largest absolute Gasteiger partial charge is 0.467 e. The van der Waals surface area contributed by atoms with Gasteiger partial charge in [0, 0.05) is 12.7 Å². The molecule has 0 aliphatic carbocycles. The van der Waals surface area contributed by atoms with Crippen molar-refractivity contribution in [3.8, 4) is 0 Å². The highest BCUT2D eigenvalue weighted by molar-refractivity contribution is 5.96. The SMILES string of the molecule is COC(=O)C1CCCCN1C(=O)c1ccc(C(F)(F)F)nc1. The number of piperidine rings is 1. The van der Waals surface area contributed by atoms with E-state index in [1.54, 1.807) is 0 Å². The number of alkyl halides is 3. The predicted molar refractivity (Wildman–Crippen MR) is 69.9 cm³/mol. The first kappa shape index (κ1) is 16.3. The molecule has 1 aliphatic rings. The standard InChI is InChI=1S/C14H15F3N2O3/c1-22-13(21)10-4-2-3-7-19(10)12(20)9-5-6-11(18-8-9)14(15,16)17/h5-6,8,10H,2-4,7H2,1H3. The molecule has 1 aliphatic heterocycles. The number of esters is 1. The molecule has 1 saturated heterocycles. The molecule has 0 aromatic carbocycles. The van der Waals surface area contributed by atoms with E-state index >= 15 is 0 Å². The van der Waals surface area contributed by atoms with E-state index in [-0.39, 0.29) is 5.56 Å². The van der Waals surface area contributed by atoms with Crippen molar-refractivity contribution in [1.82, 2.24) is 9.88 Å². The van der Waals surface area contributed by atoms with E-state index in [1.165, 1.54) is 12.0 Å². The summed E-state index contributed by atoms with van der Waals surface area (Å²) in [5, 5.41) is 0. The summed E-state index contributed by atoms with van der Waals surface area (Å²) in [6, 6.07) is 1.12. The number of hydrogen-bond donors (Lipinski definition) is 0. The molecule has 2 heterocycles. The van der Waals surface area contributed by atoms with Gasteiger partial charge in [0.1, 0.15) is 11.7 Å². The third-order valence-corrected chi connectivity index (χ3v) is 3.54. The van der Waals surface area contributed by atoms with Gasteiger partial charge in [-0.15, -0.1) is 0 Å². The Kier molecular flexibility index (Phi) is 4.68. The number of halogens is 3. The first-order chi connectivity index (χ1) is 10.3. The maximum Gasteiger partial charge on any atom is 0.433 e. The molecule has 0 radical (unpaired) electrons. The predicted octanol–water partition coefficient (Wildman–Crippen LogP) is 2.27. The van der Waals surface area contributed by atoms with Crippen molar-refractivity contribution in [3.63, 3.8) is 0 Å². The maximum absolute atomic E-state index is 12.5. The van der Waals surface area contributed by atoms with Crippen LogP contribution in [-0.2, 0) is 15.7 Å². The van der Waals surface area contributed by atoms with E-state index < -0.39 is 29.8 Å². The van der Waals surface area contributed by atoms with Crippen molar-refractivity contribution in [2.75, 3.05) is 13.7 Å². The molecule has 1 aromatic heterocycles. The molecule has 120 valence electrons. The summed E-state index contributed by atoms with van der Waals surface area (Å²) in [5.41, 5.74) is -1.05. The van der Waals surface area contributed by atoms with Crippen molar-refractivity contribution in [1.29, 1.82) is 0 Å². The summed E-state index contributed by atoms with van der Waals surface area (Å²) in [7, 11) is 1.24. The third kappa shape index (κ3) is 3.37. The molecule has 1 aromatic rings. The maximum atomic E-state index is 12.5. The zero-order valence-electron chi connectivity index (χ0n) is 11.9. The summed E-state index contributed by atoms with van der Waals surface area (Å²) in [6.07, 6.45) is -1.68. The quantitative estimate of drug-likeness (QED) is 0.785. The molecule has 8 heteroatoms. The van der Waals surface area contributed by atoms with Crippen LogP contribution in [0, 0.1) is 0 Å². The van der Waals surface area contributed by atoms with Crippen molar-refractivity contribution in [3.05, 3.63) is 29.6 Å². The highest BCUT2D eigenvalue weighted by Gasteiger charge is 2.35. The smallest absolute Gasteiger partial charge is 0.433 e. The van der Waals surface area contributed by atoms with Crippen LogP contribution in [0.25, 0.3) is 0 Å². The highest BCUT2D eigenvalue weighted by atomic mass is 19.4. The number of carbonyl (C=O) groups excluding carboxylic acids is 2. The molecule has 1 amide bonds. The van der Waals surface area contributed by atoms with Gasteiger partial charge in [0.05, 0.1) is 12.7 Å². The number of methoxy groups -OCH3 is 1. The third-order valence-electron chi connectivity index (χ3n) is 3.54. The Bertz CT molecular complexity index is 557. The number of rotatable bonds is 2. The van der Waals surface area contributed by atoms with E-state index in [1.807, 2.05) is 0 Å². The zero-order valence-corrected chi connectivity index (χ0v) is 11.9. The van der Waals surface area contributed by atoms with Gasteiger partial charge in [0.2, 0.25) is 0 Å². The molecule has 0 N–H and O–H groups in total. The summed E-state index contributed by atoms with van der Waals surface area (Å²) in [5.74, 6) is -1.04. The Morgan fingerprint density at radius 1 is 1.32 bits per heavy atom. The van der Waals surface area contributed by atoms with Crippen LogP contribution < -0.4 is 0 Å². The van der Waals surface area contributed by atoms with Crippen LogP contribution in [0.1, 0.15) is 35.3 Å². The fourth-order valence-electron chi connectivity index (χ4n) is 2.41. The first-order valence-electron chi connectivity index (χ1n) is 6.76. The van der Waals surface area contributed by atoms with Gasteiger partial charge < -0.3 is 9.64 Å². The van der Waals surface area contributed by atoms with Gasteiger partial charge in [-0.2, -0.15) is 13.2 Å². The number of aromatic nitrogens is 1. The summed E-state index contributed by atoms with van der Waals surface area (Å²) in [6.45, 7) is 0.361. The highest BCUT2D eigenvalue weighted by Crippen LogP contribution is 2.27. The van der Waals surface area contributed by atoms with Crippen LogP contribution >= 0.6 is 0 Å². The van der Waals surface area contributed by atoms with Gasteiger partial charge in [-0.1, -0.05) is 0 Å². The molecule has 0 saturated carbocycles. The minimum absolute atomic E-state index is 0.0174. The monoisotopic (exact) mass is 316 g/mol. The van der Waals surface area contributed by atoms with Crippen molar-refractivity contribution < 1.29 is 27.5 Å². The topological polar surface area (TPSA) is 59.5 Å². The number of hydrogen-bond acceptors (Lipinski definition) is 4. The van der Waals surface area contributed by atoms with E-state index in [0.29, 0.717) is 13.0 Å². The second-order valence-corrected chi connectivity index (χ2v) is 4.96. The normalized spacial score (nSPS) is 18.9. The molecule has 1 atom stereocenters. The van der Waals surface area contributed by atoms with Gasteiger partial charge in [0.25, 0.3) is 5.91 Å². The molecule has 0 bridgehead atoms. The lowest BCUT2D eigenvalue weighted by Crippen LogP contribution is -2.48. The van der Waals surface area contributed by atoms with Gasteiger partial charge >= 0.3 is 12.1 Å². The fourth-order valence-corrected chi connectivity index (χ4v) is 2.41. The Balaban J connectivity index is 2.20. The van der Waals surface area contributed by atoms with Crippen LogP contribution in [0.2, 0.25) is 0 Å². The molecule has 0 spiro atoms. The lowest BCUT2D eigenvalue weighted by Gasteiger charge is -2.33. The van der Waals surface area contributed by atoms with E-state index in [9.17, 15) is 22.8 Å². The second kappa shape index (κ2) is 6.33. The number of amides is 1. The average Bonchev–Trinajstić information content (AvgIpc) is 2.52. The Morgan fingerprint density at radius 3 is 2.59 bits per heavy atom. The lowest BCUT2D eigenvalue weighted by atomic mass is 10.0. The zero-order chi connectivity index (χ0) is 16.3. The van der Waals surface area contributed by atoms with Crippen LogP contribution in [0.15, 0.2) is 18.3 Å². The number of carbonyl (C=O) groups is 2. The average molecular weight is 316 g/mol. The molecular formula is C14H15F3N2O3. The van der Waals surface area contributed by atoms with Gasteiger partial charge in [-0.3, -0.25) is 9.78 Å². The molecule has 5 nitrogen and oxygen atoms in total. The molecule has 1 unspecified atom stereocenters. The number of ether oxygens (including phenoxy) is 1. The van der Waals surface area contributed by atoms with Crippen LogP contribution in [-0.4, -0.2) is 41.5 Å². The van der Waals surface area contributed by atoms with Crippen molar-refractivity contribution in [2.24, 2.45) is 0 Å². The van der Waals surface area contributed by atoms with Gasteiger partial charge in [0.15, 0.2) is 0 Å². The van der Waals surface area contributed by atoms with Crippen LogP contribution in [0.4, 0.5) is 13.2 Å². The minimum atomic E-state index is -4.55. The molecule has 2 rings (SSSR count). The van der Waals surface area contributed by atoms with E-state index in [0.717, 1.165) is 31.2 Å². The summed E-state index contributed by atoms with van der Waals surface area (Å²) in [4.78, 5) is 28.7. The summed E-state index contributed by atoms with van der Waals surface area (Å²) >= 11 is 0. The lowest BCUT2D eigenvalue weighted by molar-refractivity contribution is -0.147. The van der Waals surface area contributed by atoms with E-state index in [2.05, 4.69) is 9.72 Å². The number of likely N-dealkylation sites (tertiary alicyclic amines) is 1. The van der Waals surface area contributed by atoms with Crippen molar-refractivity contribution >= 4 is 11.9 Å². The summed E-state index contributed by atoms with van der Waals surface area (Å²) < 4.78 is 42.1. The Morgan fingerprint density at radius 2 is 2.05 bits per heavy atom. The first-order valence-corrected chi connectivity index (χ1v) is 6.76. The van der Waals surface area contributed by atoms with Crippen molar-refractivity contribution in [2.45, 2.75) is 31.5 Å². The van der Waals surface area contributed by atoms with Crippen LogP contribution in [0.3, 0.4) is 0 Å².